The van der Waals surface area contributed by atoms with Crippen LogP contribution in [-0.2, 0) is 10.0 Å². The number of hydrogen-bond acceptors (Lipinski definition) is 4. The Balaban J connectivity index is 2.42. The number of benzene rings is 2. The second kappa shape index (κ2) is 7.33. The number of carbonyl (C=O) groups is 1. The molecule has 24 heavy (non-hydrogen) atoms. The molecule has 0 heterocycles. The average molecular weight is 413 g/mol. The summed E-state index contributed by atoms with van der Waals surface area (Å²) in [4.78, 5) is 12.4. The van der Waals surface area contributed by atoms with Crippen LogP contribution < -0.4 is 10.1 Å². The lowest BCUT2D eigenvalue weighted by Crippen LogP contribution is -2.23. The van der Waals surface area contributed by atoms with Crippen LogP contribution in [0.5, 0.6) is 5.75 Å². The van der Waals surface area contributed by atoms with Crippen LogP contribution in [0.2, 0.25) is 0 Å². The van der Waals surface area contributed by atoms with E-state index in [0.717, 1.165) is 8.78 Å². The SMILES string of the molecule is COc1ccc(C(=O)Nc2ccccc2Br)cc1S(=O)(=O)N(C)C. The second-order valence-electron chi connectivity index (χ2n) is 5.09. The first-order valence-corrected chi connectivity index (χ1v) is 9.17. The Kier molecular flexibility index (Phi) is 5.63. The van der Waals surface area contributed by atoms with Gasteiger partial charge in [-0.1, -0.05) is 12.1 Å². The van der Waals surface area contributed by atoms with E-state index in [4.69, 9.17) is 4.74 Å². The van der Waals surface area contributed by atoms with Gasteiger partial charge in [0.1, 0.15) is 10.6 Å². The third-order valence-electron chi connectivity index (χ3n) is 3.31. The molecule has 0 atom stereocenters. The number of sulfonamides is 1. The second-order valence-corrected chi connectivity index (χ2v) is 8.06. The molecule has 0 unspecified atom stereocenters. The Morgan fingerprint density at radius 3 is 2.42 bits per heavy atom. The molecule has 0 bridgehead atoms. The predicted octanol–water partition coefficient (Wildman–Crippen LogP) is 2.96. The van der Waals surface area contributed by atoms with E-state index in [1.165, 1.54) is 39.4 Å². The van der Waals surface area contributed by atoms with Gasteiger partial charge in [0.25, 0.3) is 5.91 Å². The summed E-state index contributed by atoms with van der Waals surface area (Å²) in [5.74, 6) is -0.235. The molecule has 0 saturated carbocycles. The summed E-state index contributed by atoms with van der Waals surface area (Å²) in [7, 11) is 0.481. The topological polar surface area (TPSA) is 75.7 Å². The van der Waals surface area contributed by atoms with Crippen LogP contribution in [0.3, 0.4) is 0 Å². The highest BCUT2D eigenvalue weighted by Gasteiger charge is 2.24. The molecular formula is C16H17BrN2O4S. The molecule has 0 aliphatic rings. The van der Waals surface area contributed by atoms with E-state index in [1.54, 1.807) is 18.2 Å². The molecule has 0 aromatic heterocycles. The zero-order chi connectivity index (χ0) is 17.9. The molecule has 1 amide bonds. The molecule has 2 aromatic rings. The van der Waals surface area contributed by atoms with Crippen molar-refractivity contribution in [2.24, 2.45) is 0 Å². The Morgan fingerprint density at radius 1 is 1.17 bits per heavy atom. The Bertz CT molecular complexity index is 866. The summed E-state index contributed by atoms with van der Waals surface area (Å²) in [5, 5.41) is 2.74. The maximum atomic E-state index is 12.4. The van der Waals surface area contributed by atoms with Gasteiger partial charge < -0.3 is 10.1 Å². The summed E-state index contributed by atoms with van der Waals surface area (Å²) in [5.41, 5.74) is 0.808. The Labute approximate surface area is 149 Å². The first-order valence-electron chi connectivity index (χ1n) is 6.94. The van der Waals surface area contributed by atoms with E-state index < -0.39 is 15.9 Å². The molecule has 6 nitrogen and oxygen atoms in total. The van der Waals surface area contributed by atoms with Gasteiger partial charge in [-0.15, -0.1) is 0 Å². The molecule has 1 N–H and O–H groups in total. The normalized spacial score (nSPS) is 11.4. The largest absolute Gasteiger partial charge is 0.495 e. The number of anilines is 1. The first kappa shape index (κ1) is 18.4. The fourth-order valence-electron chi connectivity index (χ4n) is 1.97. The first-order chi connectivity index (χ1) is 11.3. The summed E-state index contributed by atoms with van der Waals surface area (Å²) in [6.07, 6.45) is 0. The van der Waals surface area contributed by atoms with Crippen molar-refractivity contribution >= 4 is 37.5 Å². The van der Waals surface area contributed by atoms with Gasteiger partial charge in [0, 0.05) is 24.1 Å². The molecule has 2 aromatic carbocycles. The number of para-hydroxylation sites is 1. The van der Waals surface area contributed by atoms with Crippen molar-refractivity contribution in [3.63, 3.8) is 0 Å². The minimum atomic E-state index is -3.74. The highest BCUT2D eigenvalue weighted by atomic mass is 79.9. The molecule has 0 spiro atoms. The van der Waals surface area contributed by atoms with E-state index in [1.807, 2.05) is 6.07 Å². The average Bonchev–Trinajstić information content (AvgIpc) is 2.56. The van der Waals surface area contributed by atoms with E-state index in [2.05, 4.69) is 21.2 Å². The number of rotatable bonds is 5. The lowest BCUT2D eigenvalue weighted by molar-refractivity contribution is 0.102. The van der Waals surface area contributed by atoms with Crippen molar-refractivity contribution in [3.8, 4) is 5.75 Å². The van der Waals surface area contributed by atoms with E-state index in [-0.39, 0.29) is 16.2 Å². The van der Waals surface area contributed by atoms with Crippen LogP contribution in [0, 0.1) is 0 Å². The number of methoxy groups -OCH3 is 1. The van der Waals surface area contributed by atoms with Crippen molar-refractivity contribution in [2.75, 3.05) is 26.5 Å². The van der Waals surface area contributed by atoms with Crippen LogP contribution >= 0.6 is 15.9 Å². The number of halogens is 1. The van der Waals surface area contributed by atoms with E-state index in [9.17, 15) is 13.2 Å². The summed E-state index contributed by atoms with van der Waals surface area (Å²) >= 11 is 3.35. The molecule has 128 valence electrons. The number of nitrogens with one attached hydrogen (secondary N) is 1. The lowest BCUT2D eigenvalue weighted by atomic mass is 10.2. The predicted molar refractivity (Wildman–Crippen MR) is 96.0 cm³/mol. The zero-order valence-corrected chi connectivity index (χ0v) is 15.8. The number of carbonyl (C=O) groups excluding carboxylic acids is 1. The van der Waals surface area contributed by atoms with Gasteiger partial charge in [0.2, 0.25) is 10.0 Å². The van der Waals surface area contributed by atoms with Crippen molar-refractivity contribution < 1.29 is 17.9 Å². The number of ether oxygens (including phenoxy) is 1. The van der Waals surface area contributed by atoms with Crippen molar-refractivity contribution in [1.82, 2.24) is 4.31 Å². The van der Waals surface area contributed by atoms with Crippen molar-refractivity contribution in [2.45, 2.75) is 4.90 Å². The summed E-state index contributed by atoms with van der Waals surface area (Å²) in [6, 6.07) is 11.4. The van der Waals surface area contributed by atoms with Gasteiger partial charge in [-0.2, -0.15) is 0 Å². The van der Waals surface area contributed by atoms with E-state index in [0.29, 0.717) is 5.69 Å². The van der Waals surface area contributed by atoms with Gasteiger partial charge in [0.05, 0.1) is 12.8 Å². The molecule has 0 radical (unpaired) electrons. The maximum Gasteiger partial charge on any atom is 0.255 e. The third kappa shape index (κ3) is 3.77. The van der Waals surface area contributed by atoms with Crippen LogP contribution in [0.15, 0.2) is 51.8 Å². The fraction of sp³-hybridized carbons (Fsp3) is 0.188. The Morgan fingerprint density at radius 2 is 1.83 bits per heavy atom. The Hall–Kier alpha value is -1.90. The fourth-order valence-corrected chi connectivity index (χ4v) is 3.43. The minimum absolute atomic E-state index is 0.0604. The molecule has 2 rings (SSSR count). The number of nitrogens with zero attached hydrogens (tertiary/aromatic N) is 1. The van der Waals surface area contributed by atoms with Crippen LogP contribution in [-0.4, -0.2) is 39.8 Å². The van der Waals surface area contributed by atoms with Crippen LogP contribution in [0.4, 0.5) is 5.69 Å². The van der Waals surface area contributed by atoms with Gasteiger partial charge in [0.15, 0.2) is 0 Å². The summed E-state index contributed by atoms with van der Waals surface area (Å²) in [6.45, 7) is 0. The highest BCUT2D eigenvalue weighted by Crippen LogP contribution is 2.28. The third-order valence-corrected chi connectivity index (χ3v) is 5.83. The minimum Gasteiger partial charge on any atom is -0.495 e. The van der Waals surface area contributed by atoms with Gasteiger partial charge in [-0.05, 0) is 46.3 Å². The maximum absolute atomic E-state index is 12.4. The smallest absolute Gasteiger partial charge is 0.255 e. The quantitative estimate of drug-likeness (QED) is 0.818. The monoisotopic (exact) mass is 412 g/mol. The summed E-state index contributed by atoms with van der Waals surface area (Å²) < 4.78 is 31.7. The number of hydrogen-bond donors (Lipinski definition) is 1. The van der Waals surface area contributed by atoms with Gasteiger partial charge >= 0.3 is 0 Å². The molecule has 0 saturated heterocycles. The van der Waals surface area contributed by atoms with Crippen molar-refractivity contribution in [3.05, 3.63) is 52.5 Å². The lowest BCUT2D eigenvalue weighted by Gasteiger charge is -2.15. The molecule has 0 fully saturated rings. The van der Waals surface area contributed by atoms with Crippen molar-refractivity contribution in [1.29, 1.82) is 0 Å². The molecule has 0 aliphatic carbocycles. The van der Waals surface area contributed by atoms with Gasteiger partial charge in [-0.25, -0.2) is 12.7 Å². The van der Waals surface area contributed by atoms with E-state index >= 15 is 0 Å². The van der Waals surface area contributed by atoms with Crippen LogP contribution in [0.25, 0.3) is 0 Å². The zero-order valence-electron chi connectivity index (χ0n) is 13.4. The van der Waals surface area contributed by atoms with Gasteiger partial charge in [-0.3, -0.25) is 4.79 Å². The van der Waals surface area contributed by atoms with Crippen LogP contribution in [0.1, 0.15) is 10.4 Å². The molecular weight excluding hydrogens is 396 g/mol. The highest BCUT2D eigenvalue weighted by molar-refractivity contribution is 9.10. The standard InChI is InChI=1S/C16H17BrN2O4S/c1-19(2)24(21,22)15-10-11(8-9-14(15)23-3)16(20)18-13-7-5-4-6-12(13)17/h4-10H,1-3H3,(H,18,20). The molecule has 8 heteroatoms. The number of amides is 1. The molecule has 0 aliphatic heterocycles.